The molecule has 8 atom stereocenters. The highest BCUT2D eigenvalue weighted by atomic mass is 16.5. The van der Waals surface area contributed by atoms with Gasteiger partial charge in [0.05, 0.1) is 12.1 Å². The van der Waals surface area contributed by atoms with Crippen molar-refractivity contribution in [1.82, 2.24) is 20.8 Å². The highest BCUT2D eigenvalue weighted by Gasteiger charge is 2.39. The van der Waals surface area contributed by atoms with E-state index in [1.165, 1.54) is 23.1 Å². The molecule has 2 aromatic carbocycles. The van der Waals surface area contributed by atoms with Crippen LogP contribution in [0.1, 0.15) is 151 Å². The van der Waals surface area contributed by atoms with Crippen LogP contribution in [0.2, 0.25) is 0 Å². The Balaban J connectivity index is 0.000000638. The van der Waals surface area contributed by atoms with Gasteiger partial charge in [-0.3, -0.25) is 39.2 Å². The van der Waals surface area contributed by atoms with Crippen molar-refractivity contribution < 1.29 is 39.2 Å². The molecule has 0 spiro atoms. The van der Waals surface area contributed by atoms with Gasteiger partial charge in [0.25, 0.3) is 0 Å². The SMILES string of the molecule is C.CC1CCCC(NC(=O)[C@@H](CC(=O)[C@H](CCCc2ccccc2)[C@H](C)N(O)C=O)C(C)(C)C)C1.CNC(=O)[C@@H](CC(=O)[C@H](CCCc1ccc(C)cc1)[C@H](C)N(O)C=O)C(C)(C)C. The van der Waals surface area contributed by atoms with E-state index in [9.17, 15) is 39.2 Å². The number of hydrogen-bond acceptors (Lipinski definition) is 8. The van der Waals surface area contributed by atoms with E-state index in [2.05, 4.69) is 54.0 Å². The maximum Gasteiger partial charge on any atom is 0.233 e. The molecule has 0 saturated heterocycles. The van der Waals surface area contributed by atoms with Gasteiger partial charge in [-0.25, -0.2) is 10.1 Å². The molecule has 2 aromatic rings. The number of hydrogen-bond donors (Lipinski definition) is 4. The molecule has 1 aliphatic carbocycles. The lowest BCUT2D eigenvalue weighted by Gasteiger charge is -2.35. The standard InChI is InChI=1S/C28H44N2O4.C23H36N2O4.CH4/c1-20-11-9-15-23(17-20)29-27(33)25(28(3,4)5)18-26(32)24(21(2)30(34)19-31)16-10-14-22-12-7-6-8-13-22;1-16-10-12-18(13-11-16)8-7-9-19(17(2)25(29)15-26)21(27)14-20(22(28)24-6)23(3,4)5;/h6-8,12-13,19-21,23-25,34H,9-11,14-18H2,1-5H3,(H,29,33);10-13,15,17,19-20,29H,7-9,14H2,1-6H3,(H,24,28);1H4/t20?,21-,23?,24+,25+;17-,19+,20+;/m00./s1. The number of benzene rings is 2. The molecule has 12 heteroatoms. The molecule has 1 fully saturated rings. The first kappa shape index (κ1) is 57.6. The van der Waals surface area contributed by atoms with E-state index in [1.807, 2.05) is 66.7 Å². The van der Waals surface area contributed by atoms with Crippen LogP contribution < -0.4 is 10.6 Å². The van der Waals surface area contributed by atoms with Crippen molar-refractivity contribution >= 4 is 36.2 Å². The first-order chi connectivity index (χ1) is 29.5. The maximum atomic E-state index is 13.5. The third-order valence-corrected chi connectivity index (χ3v) is 13.0. The normalized spacial score (nSPS) is 17.9. The number of ketones is 2. The molecule has 1 saturated carbocycles. The van der Waals surface area contributed by atoms with E-state index < -0.39 is 35.8 Å². The van der Waals surface area contributed by atoms with Gasteiger partial charge in [-0.05, 0) is 100 Å². The second-order valence-corrected chi connectivity index (χ2v) is 20.2. The second kappa shape index (κ2) is 27.8. The minimum absolute atomic E-state index is 0. The number of Topliss-reactive ketones (excluding diaryl/α,β-unsaturated/α-hetero) is 2. The molecule has 0 radical (unpaired) electrons. The lowest BCUT2D eigenvalue weighted by atomic mass is 9.74. The van der Waals surface area contributed by atoms with Crippen LogP contribution in [0.3, 0.4) is 0 Å². The van der Waals surface area contributed by atoms with Gasteiger partial charge in [0.2, 0.25) is 24.6 Å². The molecular formula is C52H84N4O8. The summed E-state index contributed by atoms with van der Waals surface area (Å²) in [6.45, 7) is 19.4. The fraction of sp³-hybridized carbons (Fsp3) is 0.654. The summed E-state index contributed by atoms with van der Waals surface area (Å²) in [5, 5.41) is 26.9. The van der Waals surface area contributed by atoms with Crippen molar-refractivity contribution in [2.45, 2.75) is 172 Å². The molecule has 4 N–H and O–H groups in total. The largest absolute Gasteiger partial charge is 0.359 e. The van der Waals surface area contributed by atoms with Crippen molar-refractivity contribution in [3.8, 4) is 0 Å². The van der Waals surface area contributed by atoms with Crippen LogP contribution in [0.4, 0.5) is 0 Å². The fourth-order valence-electron chi connectivity index (χ4n) is 8.69. The number of rotatable bonds is 23. The average Bonchev–Trinajstić information content (AvgIpc) is 3.23. The van der Waals surface area contributed by atoms with Gasteiger partial charge in [-0.15, -0.1) is 0 Å². The van der Waals surface area contributed by atoms with E-state index in [4.69, 9.17) is 0 Å². The molecule has 12 nitrogen and oxygen atoms in total. The summed E-state index contributed by atoms with van der Waals surface area (Å²) >= 11 is 0. The lowest BCUT2D eigenvalue weighted by Crippen LogP contribution is -2.46. The third kappa shape index (κ3) is 19.4. The first-order valence-corrected chi connectivity index (χ1v) is 23.1. The molecular weight excluding hydrogens is 809 g/mol. The third-order valence-electron chi connectivity index (χ3n) is 13.0. The van der Waals surface area contributed by atoms with Gasteiger partial charge in [0.15, 0.2) is 0 Å². The topological polar surface area (TPSA) is 173 Å². The molecule has 0 aliphatic heterocycles. The molecule has 2 unspecified atom stereocenters. The summed E-state index contributed by atoms with van der Waals surface area (Å²) in [6.07, 6.45) is 9.32. The zero-order valence-corrected chi connectivity index (χ0v) is 40.2. The van der Waals surface area contributed by atoms with Crippen LogP contribution in [-0.2, 0) is 41.6 Å². The van der Waals surface area contributed by atoms with E-state index in [0.717, 1.165) is 44.9 Å². The minimum Gasteiger partial charge on any atom is -0.359 e. The Labute approximate surface area is 385 Å². The van der Waals surface area contributed by atoms with Crippen LogP contribution in [0.15, 0.2) is 54.6 Å². The predicted octanol–water partition coefficient (Wildman–Crippen LogP) is 9.35. The lowest BCUT2D eigenvalue weighted by molar-refractivity contribution is -0.166. The van der Waals surface area contributed by atoms with Gasteiger partial charge in [0.1, 0.15) is 11.6 Å². The fourth-order valence-corrected chi connectivity index (χ4v) is 8.69. The summed E-state index contributed by atoms with van der Waals surface area (Å²) in [5.74, 6) is -1.84. The van der Waals surface area contributed by atoms with Gasteiger partial charge in [-0.2, -0.15) is 0 Å². The van der Waals surface area contributed by atoms with E-state index >= 15 is 0 Å². The van der Waals surface area contributed by atoms with Crippen LogP contribution in [0, 0.1) is 47.3 Å². The predicted molar refractivity (Wildman–Crippen MR) is 254 cm³/mol. The van der Waals surface area contributed by atoms with Crippen molar-refractivity contribution in [3.05, 3.63) is 71.3 Å². The second-order valence-electron chi connectivity index (χ2n) is 20.2. The number of amides is 4. The maximum absolute atomic E-state index is 13.5. The molecule has 0 heterocycles. The molecule has 0 aromatic heterocycles. The number of aryl methyl sites for hydroxylation is 3. The summed E-state index contributed by atoms with van der Waals surface area (Å²) < 4.78 is 0. The van der Waals surface area contributed by atoms with Crippen LogP contribution in [-0.4, -0.2) is 81.9 Å². The van der Waals surface area contributed by atoms with Crippen LogP contribution in [0.5, 0.6) is 0 Å². The zero-order valence-electron chi connectivity index (χ0n) is 40.2. The quantitative estimate of drug-likeness (QED) is 0.0485. The Bertz CT molecular complexity index is 1720. The summed E-state index contributed by atoms with van der Waals surface area (Å²) in [6, 6.07) is 17.2. The van der Waals surface area contributed by atoms with Crippen molar-refractivity contribution in [3.63, 3.8) is 0 Å². The molecule has 64 heavy (non-hydrogen) atoms. The van der Waals surface area contributed by atoms with Crippen LogP contribution in [0.25, 0.3) is 0 Å². The molecule has 4 amide bonds. The molecule has 360 valence electrons. The van der Waals surface area contributed by atoms with E-state index in [0.29, 0.717) is 41.7 Å². The zero-order chi connectivity index (χ0) is 47.5. The molecule has 0 bridgehead atoms. The van der Waals surface area contributed by atoms with E-state index in [-0.39, 0.29) is 60.5 Å². The Kier molecular flexibility index (Phi) is 25.0. The number of nitrogens with zero attached hydrogens (tertiary/aromatic N) is 2. The Morgan fingerprint density at radius 3 is 1.56 bits per heavy atom. The smallest absolute Gasteiger partial charge is 0.233 e. The Morgan fingerprint density at radius 2 is 1.16 bits per heavy atom. The summed E-state index contributed by atoms with van der Waals surface area (Å²) in [5.41, 5.74) is 2.80. The van der Waals surface area contributed by atoms with Gasteiger partial charge >= 0.3 is 0 Å². The van der Waals surface area contributed by atoms with Gasteiger partial charge in [0, 0.05) is 49.6 Å². The number of carbonyl (C=O) groups is 6. The number of hydroxylamine groups is 4. The van der Waals surface area contributed by atoms with E-state index in [1.54, 1.807) is 20.9 Å². The Hall–Kier alpha value is -4.42. The average molecular weight is 893 g/mol. The minimum atomic E-state index is -0.650. The summed E-state index contributed by atoms with van der Waals surface area (Å²) in [4.78, 5) is 74.5. The number of nitrogens with one attached hydrogen (secondary N) is 2. The van der Waals surface area contributed by atoms with Crippen LogP contribution >= 0.6 is 0 Å². The first-order valence-electron chi connectivity index (χ1n) is 23.1. The highest BCUT2D eigenvalue weighted by Crippen LogP contribution is 2.34. The van der Waals surface area contributed by atoms with Gasteiger partial charge < -0.3 is 10.6 Å². The Morgan fingerprint density at radius 1 is 0.719 bits per heavy atom. The highest BCUT2D eigenvalue weighted by molar-refractivity contribution is 5.90. The summed E-state index contributed by atoms with van der Waals surface area (Å²) in [7, 11) is 1.56. The van der Waals surface area contributed by atoms with Crippen molar-refractivity contribution in [2.24, 2.45) is 40.4 Å². The number of carbonyl (C=O) groups excluding carboxylic acids is 6. The van der Waals surface area contributed by atoms with Gasteiger partial charge in [-0.1, -0.05) is 129 Å². The molecule has 3 rings (SSSR count). The molecule has 1 aliphatic rings. The van der Waals surface area contributed by atoms with Crippen molar-refractivity contribution in [2.75, 3.05) is 7.05 Å². The monoisotopic (exact) mass is 893 g/mol. The van der Waals surface area contributed by atoms with Crippen molar-refractivity contribution in [1.29, 1.82) is 0 Å².